The third kappa shape index (κ3) is 2.05. The lowest BCUT2D eigenvalue weighted by Gasteiger charge is -2.06. The monoisotopic (exact) mass is 299 g/mol. The number of rotatable bonds is 2. The number of nitrogens with zero attached hydrogens (tertiary/aromatic N) is 5. The van der Waals surface area contributed by atoms with E-state index in [9.17, 15) is 4.79 Å². The van der Waals surface area contributed by atoms with Gasteiger partial charge in [0, 0.05) is 25.9 Å². The highest BCUT2D eigenvalue weighted by Crippen LogP contribution is 2.28. The summed E-state index contributed by atoms with van der Waals surface area (Å²) >= 11 is 0. The van der Waals surface area contributed by atoms with Crippen LogP contribution in [-0.2, 0) is 18.8 Å². The Bertz CT molecular complexity index is 891. The molecular weight excluding hydrogens is 282 g/mol. The van der Waals surface area contributed by atoms with Crippen molar-refractivity contribution in [3.63, 3.8) is 0 Å². The Labute approximate surface area is 127 Å². The Morgan fingerprint density at radius 3 is 2.50 bits per heavy atom. The Morgan fingerprint density at radius 2 is 1.91 bits per heavy atom. The minimum Gasteiger partial charge on any atom is -0.465 e. The zero-order valence-corrected chi connectivity index (χ0v) is 13.2. The van der Waals surface area contributed by atoms with Gasteiger partial charge in [0.05, 0.1) is 35.1 Å². The van der Waals surface area contributed by atoms with Gasteiger partial charge in [-0.25, -0.2) is 9.78 Å². The molecular formula is C15H17N5O2. The fraction of sp³-hybridized carbons (Fsp3) is 0.333. The Balaban J connectivity index is 2.36. The van der Waals surface area contributed by atoms with E-state index in [1.54, 1.807) is 15.4 Å². The van der Waals surface area contributed by atoms with Gasteiger partial charge in [-0.1, -0.05) is 0 Å². The van der Waals surface area contributed by atoms with Crippen LogP contribution in [0.2, 0.25) is 0 Å². The third-order valence-corrected chi connectivity index (χ3v) is 3.66. The Hall–Kier alpha value is -2.70. The molecule has 0 atom stereocenters. The number of esters is 1. The summed E-state index contributed by atoms with van der Waals surface area (Å²) in [6.07, 6.45) is 1.88. The molecule has 0 saturated heterocycles. The highest BCUT2D eigenvalue weighted by atomic mass is 16.5. The molecule has 0 aliphatic rings. The normalized spacial score (nSPS) is 11.1. The molecule has 0 unspecified atom stereocenters. The van der Waals surface area contributed by atoms with Crippen LogP contribution in [0.4, 0.5) is 0 Å². The predicted octanol–water partition coefficient (Wildman–Crippen LogP) is 1.77. The van der Waals surface area contributed by atoms with E-state index in [0.29, 0.717) is 16.9 Å². The summed E-state index contributed by atoms with van der Waals surface area (Å²) in [5.41, 5.74) is 4.29. The van der Waals surface area contributed by atoms with Crippen molar-refractivity contribution in [3.05, 3.63) is 29.2 Å². The van der Waals surface area contributed by atoms with Gasteiger partial charge in [-0.05, 0) is 19.9 Å². The van der Waals surface area contributed by atoms with Crippen LogP contribution in [0.5, 0.6) is 0 Å². The topological polar surface area (TPSA) is 74.8 Å². The van der Waals surface area contributed by atoms with E-state index in [-0.39, 0.29) is 0 Å². The summed E-state index contributed by atoms with van der Waals surface area (Å²) in [5.74, 6) is -0.397. The maximum absolute atomic E-state index is 12.2. The van der Waals surface area contributed by atoms with Crippen molar-refractivity contribution in [2.24, 2.45) is 14.1 Å². The second kappa shape index (κ2) is 4.94. The van der Waals surface area contributed by atoms with Gasteiger partial charge in [0.2, 0.25) is 0 Å². The van der Waals surface area contributed by atoms with Gasteiger partial charge in [0.1, 0.15) is 0 Å². The van der Waals surface area contributed by atoms with Crippen molar-refractivity contribution in [3.8, 4) is 11.3 Å². The molecule has 0 amide bonds. The second-order valence-electron chi connectivity index (χ2n) is 5.26. The van der Waals surface area contributed by atoms with Crippen molar-refractivity contribution < 1.29 is 9.53 Å². The number of aryl methyl sites for hydroxylation is 4. The maximum atomic E-state index is 12.2. The van der Waals surface area contributed by atoms with Crippen LogP contribution < -0.4 is 0 Å². The van der Waals surface area contributed by atoms with Gasteiger partial charge in [0.15, 0.2) is 5.65 Å². The highest BCUT2D eigenvalue weighted by Gasteiger charge is 2.20. The molecule has 0 aliphatic heterocycles. The number of pyridine rings is 1. The van der Waals surface area contributed by atoms with Crippen LogP contribution >= 0.6 is 0 Å². The summed E-state index contributed by atoms with van der Waals surface area (Å²) < 4.78 is 8.31. The molecule has 0 fully saturated rings. The third-order valence-electron chi connectivity index (χ3n) is 3.66. The van der Waals surface area contributed by atoms with Gasteiger partial charge in [-0.2, -0.15) is 10.2 Å². The molecule has 3 aromatic heterocycles. The average molecular weight is 299 g/mol. The summed E-state index contributed by atoms with van der Waals surface area (Å²) in [6.45, 7) is 3.76. The summed E-state index contributed by atoms with van der Waals surface area (Å²) in [4.78, 5) is 16.8. The number of aromatic nitrogens is 5. The quantitative estimate of drug-likeness (QED) is 0.674. The van der Waals surface area contributed by atoms with Crippen LogP contribution in [0.25, 0.3) is 22.3 Å². The largest absolute Gasteiger partial charge is 0.465 e. The highest BCUT2D eigenvalue weighted by molar-refractivity contribution is 6.04. The molecule has 0 aromatic carbocycles. The smallest absolute Gasteiger partial charge is 0.338 e. The van der Waals surface area contributed by atoms with Crippen LogP contribution in [0.3, 0.4) is 0 Å². The molecule has 0 saturated carbocycles. The Kier molecular flexibility index (Phi) is 3.20. The molecule has 0 bridgehead atoms. The lowest BCUT2D eigenvalue weighted by molar-refractivity contribution is 0.0603. The molecule has 3 heterocycles. The van der Waals surface area contributed by atoms with Crippen molar-refractivity contribution >= 4 is 17.0 Å². The van der Waals surface area contributed by atoms with Gasteiger partial charge >= 0.3 is 5.97 Å². The summed E-state index contributed by atoms with van der Waals surface area (Å²) in [6, 6.07) is 1.74. The first-order chi connectivity index (χ1) is 10.4. The fourth-order valence-electron chi connectivity index (χ4n) is 2.70. The lowest BCUT2D eigenvalue weighted by atomic mass is 10.1. The Morgan fingerprint density at radius 1 is 1.18 bits per heavy atom. The molecule has 0 N–H and O–H groups in total. The van der Waals surface area contributed by atoms with E-state index in [1.807, 2.05) is 34.1 Å². The number of carbonyl (C=O) groups is 1. The van der Waals surface area contributed by atoms with Crippen LogP contribution in [0.1, 0.15) is 21.7 Å². The van der Waals surface area contributed by atoms with E-state index in [2.05, 4.69) is 15.2 Å². The lowest BCUT2D eigenvalue weighted by Crippen LogP contribution is -2.04. The molecule has 7 nitrogen and oxygen atoms in total. The molecule has 114 valence electrons. The second-order valence-corrected chi connectivity index (χ2v) is 5.26. The molecule has 0 spiro atoms. The van der Waals surface area contributed by atoms with Gasteiger partial charge in [-0.3, -0.25) is 9.36 Å². The minimum absolute atomic E-state index is 0.397. The van der Waals surface area contributed by atoms with Crippen molar-refractivity contribution in [1.82, 2.24) is 24.5 Å². The maximum Gasteiger partial charge on any atom is 0.338 e. The first-order valence-corrected chi connectivity index (χ1v) is 6.85. The van der Waals surface area contributed by atoms with Gasteiger partial charge in [-0.15, -0.1) is 0 Å². The van der Waals surface area contributed by atoms with Gasteiger partial charge < -0.3 is 4.74 Å². The van der Waals surface area contributed by atoms with E-state index < -0.39 is 5.97 Å². The molecule has 0 aliphatic carbocycles. The van der Waals surface area contributed by atoms with Crippen LogP contribution in [0, 0.1) is 13.8 Å². The number of fused-ring (bicyclic) bond motifs is 1. The SMILES string of the molecule is COC(=O)c1cc(-c2cn(C)nc2C)nc2c1c(C)nn2C. The molecule has 22 heavy (non-hydrogen) atoms. The van der Waals surface area contributed by atoms with Crippen LogP contribution in [-0.4, -0.2) is 37.6 Å². The molecule has 3 aromatic rings. The number of ether oxygens (including phenoxy) is 1. The van der Waals surface area contributed by atoms with E-state index in [4.69, 9.17) is 4.74 Å². The first-order valence-electron chi connectivity index (χ1n) is 6.85. The van der Waals surface area contributed by atoms with E-state index in [1.165, 1.54) is 7.11 Å². The molecule has 7 heteroatoms. The minimum atomic E-state index is -0.397. The molecule has 3 rings (SSSR count). The number of hydrogen-bond acceptors (Lipinski definition) is 5. The number of methoxy groups -OCH3 is 1. The predicted molar refractivity (Wildman–Crippen MR) is 81.5 cm³/mol. The fourth-order valence-corrected chi connectivity index (χ4v) is 2.70. The van der Waals surface area contributed by atoms with Crippen molar-refractivity contribution in [2.75, 3.05) is 7.11 Å². The number of carbonyl (C=O) groups excluding carboxylic acids is 1. The van der Waals surface area contributed by atoms with Crippen molar-refractivity contribution in [1.29, 1.82) is 0 Å². The summed E-state index contributed by atoms with van der Waals surface area (Å²) in [7, 11) is 5.03. The standard InChI is InChI=1S/C15H17N5O2/c1-8-11(7-19(3)17-8)12-6-10(15(21)22-5)13-9(2)18-20(4)14(13)16-12/h6-7H,1-5H3. The van der Waals surface area contributed by atoms with Gasteiger partial charge in [0.25, 0.3) is 0 Å². The zero-order valence-electron chi connectivity index (χ0n) is 13.2. The van der Waals surface area contributed by atoms with Crippen molar-refractivity contribution in [2.45, 2.75) is 13.8 Å². The molecule has 0 radical (unpaired) electrons. The number of hydrogen-bond donors (Lipinski definition) is 0. The van der Waals surface area contributed by atoms with E-state index >= 15 is 0 Å². The summed E-state index contributed by atoms with van der Waals surface area (Å²) in [5, 5.41) is 9.41. The zero-order chi connectivity index (χ0) is 16.0. The average Bonchev–Trinajstić information content (AvgIpc) is 2.97. The first kappa shape index (κ1) is 14.2. The van der Waals surface area contributed by atoms with E-state index in [0.717, 1.165) is 22.3 Å². The van der Waals surface area contributed by atoms with Crippen LogP contribution in [0.15, 0.2) is 12.3 Å².